The van der Waals surface area contributed by atoms with E-state index in [-0.39, 0.29) is 5.41 Å². The monoisotopic (exact) mass is 296 g/mol. The average molecular weight is 296 g/mol. The van der Waals surface area contributed by atoms with Gasteiger partial charge in [0.25, 0.3) is 0 Å². The molecule has 0 aliphatic carbocycles. The van der Waals surface area contributed by atoms with Crippen molar-refractivity contribution in [2.45, 2.75) is 32.1 Å². The van der Waals surface area contributed by atoms with Gasteiger partial charge in [-0.25, -0.2) is 8.42 Å². The van der Waals surface area contributed by atoms with E-state index in [1.165, 1.54) is 6.26 Å². The average Bonchev–Trinajstić information content (AvgIpc) is 2.48. The van der Waals surface area contributed by atoms with Gasteiger partial charge in [0.1, 0.15) is 0 Å². The van der Waals surface area contributed by atoms with Crippen molar-refractivity contribution in [1.82, 2.24) is 0 Å². The summed E-state index contributed by atoms with van der Waals surface area (Å²) in [5.74, 6) is 0.481. The van der Waals surface area contributed by atoms with Crippen LogP contribution in [0.25, 0.3) is 0 Å². The molecule has 2 rings (SSSR count). The predicted molar refractivity (Wildman–Crippen MR) is 84.1 cm³/mol. The van der Waals surface area contributed by atoms with Crippen LogP contribution in [0.1, 0.15) is 27.2 Å². The molecule has 0 spiro atoms. The third kappa shape index (κ3) is 3.66. The van der Waals surface area contributed by atoms with E-state index in [2.05, 4.69) is 31.4 Å². The zero-order valence-electron chi connectivity index (χ0n) is 12.7. The highest BCUT2D eigenvalue weighted by Gasteiger charge is 2.24. The van der Waals surface area contributed by atoms with Crippen LogP contribution in [0.3, 0.4) is 0 Å². The number of nitrogens with one attached hydrogen (secondary N) is 2. The Kier molecular flexibility index (Phi) is 4.00. The van der Waals surface area contributed by atoms with E-state index < -0.39 is 9.84 Å². The molecule has 0 bridgehead atoms. The molecule has 5 heteroatoms. The van der Waals surface area contributed by atoms with E-state index in [0.29, 0.717) is 16.5 Å². The second-order valence-corrected chi connectivity index (χ2v) is 8.83. The standard InChI is InChI=1S/C15H24N2O2S/c1-15(2,3)8-11-9-16-12-6-5-7-13(20(4,18)19)14(12)17-10-11/h5-7,11,16-17H,8-10H2,1-4H3. The maximum atomic E-state index is 11.9. The number of fused-ring (bicyclic) bond motifs is 1. The maximum Gasteiger partial charge on any atom is 0.177 e. The van der Waals surface area contributed by atoms with Crippen LogP contribution >= 0.6 is 0 Å². The SMILES string of the molecule is CC(C)(C)CC1CNc2cccc(S(C)(=O)=O)c2NC1. The van der Waals surface area contributed by atoms with E-state index in [1.807, 2.05) is 6.07 Å². The largest absolute Gasteiger partial charge is 0.383 e. The van der Waals surface area contributed by atoms with Gasteiger partial charge in [-0.3, -0.25) is 0 Å². The van der Waals surface area contributed by atoms with E-state index >= 15 is 0 Å². The van der Waals surface area contributed by atoms with Gasteiger partial charge in [-0.05, 0) is 29.9 Å². The van der Waals surface area contributed by atoms with Crippen molar-refractivity contribution >= 4 is 21.2 Å². The van der Waals surface area contributed by atoms with Crippen LogP contribution in [0.5, 0.6) is 0 Å². The minimum absolute atomic E-state index is 0.268. The second-order valence-electron chi connectivity index (χ2n) is 6.84. The minimum atomic E-state index is -3.22. The molecule has 1 heterocycles. The summed E-state index contributed by atoms with van der Waals surface area (Å²) in [5, 5.41) is 6.71. The fourth-order valence-corrected chi connectivity index (χ4v) is 3.63. The Bertz CT molecular complexity index is 588. The molecule has 0 radical (unpaired) electrons. The summed E-state index contributed by atoms with van der Waals surface area (Å²) in [6, 6.07) is 5.37. The van der Waals surface area contributed by atoms with Gasteiger partial charge in [0, 0.05) is 19.3 Å². The number of rotatable bonds is 2. The van der Waals surface area contributed by atoms with Crippen molar-refractivity contribution < 1.29 is 8.42 Å². The van der Waals surface area contributed by atoms with Crippen LogP contribution in [0, 0.1) is 11.3 Å². The van der Waals surface area contributed by atoms with E-state index in [9.17, 15) is 8.42 Å². The van der Waals surface area contributed by atoms with Crippen LogP contribution in [0.2, 0.25) is 0 Å². The number of hydrogen-bond donors (Lipinski definition) is 2. The summed E-state index contributed by atoms with van der Waals surface area (Å²) in [6.45, 7) is 8.35. The first-order valence-electron chi connectivity index (χ1n) is 6.98. The fourth-order valence-electron chi connectivity index (χ4n) is 2.75. The van der Waals surface area contributed by atoms with Crippen molar-refractivity contribution in [3.8, 4) is 0 Å². The van der Waals surface area contributed by atoms with Gasteiger partial charge in [0.05, 0.1) is 16.3 Å². The molecule has 2 N–H and O–H groups in total. The molecule has 112 valence electrons. The molecule has 0 saturated heterocycles. The Morgan fingerprint density at radius 3 is 2.45 bits per heavy atom. The Balaban J connectivity index is 2.26. The molecule has 4 nitrogen and oxygen atoms in total. The number of hydrogen-bond acceptors (Lipinski definition) is 4. The molecule has 1 aliphatic heterocycles. The highest BCUT2D eigenvalue weighted by atomic mass is 32.2. The lowest BCUT2D eigenvalue weighted by atomic mass is 9.84. The van der Waals surface area contributed by atoms with Crippen LogP contribution < -0.4 is 10.6 Å². The van der Waals surface area contributed by atoms with Gasteiger partial charge < -0.3 is 10.6 Å². The summed E-state index contributed by atoms with van der Waals surface area (Å²) in [5.41, 5.74) is 1.86. The summed E-state index contributed by atoms with van der Waals surface area (Å²) < 4.78 is 23.7. The molecule has 0 amide bonds. The summed E-state index contributed by atoms with van der Waals surface area (Å²) in [6.07, 6.45) is 2.34. The highest BCUT2D eigenvalue weighted by Crippen LogP contribution is 2.34. The quantitative estimate of drug-likeness (QED) is 0.881. The lowest BCUT2D eigenvalue weighted by molar-refractivity contribution is 0.310. The second kappa shape index (κ2) is 5.28. The number of sulfone groups is 1. The van der Waals surface area contributed by atoms with Crippen molar-refractivity contribution in [2.24, 2.45) is 11.3 Å². The lowest BCUT2D eigenvalue weighted by Crippen LogP contribution is -2.24. The normalized spacial score (nSPS) is 19.5. The molecular formula is C15H24N2O2S. The first-order chi connectivity index (χ1) is 9.17. The molecule has 1 aromatic carbocycles. The third-order valence-electron chi connectivity index (χ3n) is 3.48. The topological polar surface area (TPSA) is 58.2 Å². The molecular weight excluding hydrogens is 272 g/mol. The number of anilines is 2. The molecule has 0 saturated carbocycles. The lowest BCUT2D eigenvalue weighted by Gasteiger charge is -2.25. The van der Waals surface area contributed by atoms with E-state index in [0.717, 1.165) is 25.2 Å². The minimum Gasteiger partial charge on any atom is -0.383 e. The summed E-state index contributed by atoms with van der Waals surface area (Å²) in [7, 11) is -3.22. The van der Waals surface area contributed by atoms with Crippen LogP contribution in [0.15, 0.2) is 23.1 Å². The van der Waals surface area contributed by atoms with Crippen LogP contribution in [-0.2, 0) is 9.84 Å². The first-order valence-corrected chi connectivity index (χ1v) is 8.87. The molecule has 1 aliphatic rings. The zero-order valence-corrected chi connectivity index (χ0v) is 13.5. The Labute approximate surface area is 121 Å². The fraction of sp³-hybridized carbons (Fsp3) is 0.600. The van der Waals surface area contributed by atoms with Crippen molar-refractivity contribution in [1.29, 1.82) is 0 Å². The van der Waals surface area contributed by atoms with E-state index in [1.54, 1.807) is 12.1 Å². The zero-order chi connectivity index (χ0) is 15.0. The van der Waals surface area contributed by atoms with Gasteiger partial charge >= 0.3 is 0 Å². The highest BCUT2D eigenvalue weighted by molar-refractivity contribution is 7.90. The van der Waals surface area contributed by atoms with E-state index in [4.69, 9.17) is 0 Å². The maximum absolute atomic E-state index is 11.9. The Hall–Kier alpha value is -1.23. The molecule has 0 fully saturated rings. The van der Waals surface area contributed by atoms with Gasteiger partial charge in [-0.1, -0.05) is 26.8 Å². The van der Waals surface area contributed by atoms with Gasteiger partial charge in [0.15, 0.2) is 9.84 Å². The molecule has 20 heavy (non-hydrogen) atoms. The smallest absolute Gasteiger partial charge is 0.177 e. The van der Waals surface area contributed by atoms with Crippen molar-refractivity contribution in [3.63, 3.8) is 0 Å². The van der Waals surface area contributed by atoms with Crippen molar-refractivity contribution in [3.05, 3.63) is 18.2 Å². The molecule has 0 aromatic heterocycles. The van der Waals surface area contributed by atoms with Gasteiger partial charge in [-0.15, -0.1) is 0 Å². The molecule has 1 aromatic rings. The number of benzene rings is 1. The van der Waals surface area contributed by atoms with Crippen LogP contribution in [-0.4, -0.2) is 27.8 Å². The predicted octanol–water partition coefficient (Wildman–Crippen LogP) is 2.98. The van der Waals surface area contributed by atoms with Gasteiger partial charge in [-0.2, -0.15) is 0 Å². The third-order valence-corrected chi connectivity index (χ3v) is 4.61. The number of para-hydroxylation sites is 1. The Morgan fingerprint density at radius 1 is 1.20 bits per heavy atom. The molecule has 1 unspecified atom stereocenters. The molecule has 1 atom stereocenters. The van der Waals surface area contributed by atoms with Gasteiger partial charge in [0.2, 0.25) is 0 Å². The Morgan fingerprint density at radius 2 is 1.85 bits per heavy atom. The summed E-state index contributed by atoms with van der Waals surface area (Å²) in [4.78, 5) is 0.374. The van der Waals surface area contributed by atoms with Crippen molar-refractivity contribution in [2.75, 3.05) is 30.0 Å². The van der Waals surface area contributed by atoms with Crippen LogP contribution in [0.4, 0.5) is 11.4 Å². The summed E-state index contributed by atoms with van der Waals surface area (Å²) >= 11 is 0. The first kappa shape index (κ1) is 15.2.